The molecule has 0 unspecified atom stereocenters. The number of fused-ring (bicyclic) bond motifs is 1. The lowest BCUT2D eigenvalue weighted by Gasteiger charge is -2.26. The van der Waals surface area contributed by atoms with Crippen LogP contribution in [-0.2, 0) is 25.9 Å². The van der Waals surface area contributed by atoms with E-state index in [4.69, 9.17) is 0 Å². The molecule has 0 aliphatic carbocycles. The normalized spacial score (nSPS) is 14.7. The maximum Gasteiger partial charge on any atom is 0.123 e. The first-order valence-corrected chi connectivity index (χ1v) is 8.72. The highest BCUT2D eigenvalue weighted by atomic mass is 19.1. The molecular weight excluding hydrogens is 317 g/mol. The first-order chi connectivity index (χ1) is 12.1. The highest BCUT2D eigenvalue weighted by Crippen LogP contribution is 2.29. The van der Waals surface area contributed by atoms with Gasteiger partial charge in [0.15, 0.2) is 0 Å². The summed E-state index contributed by atoms with van der Waals surface area (Å²) in [5, 5.41) is 7.58. The zero-order valence-corrected chi connectivity index (χ0v) is 14.6. The molecule has 0 saturated heterocycles. The van der Waals surface area contributed by atoms with Gasteiger partial charge in [-0.05, 0) is 19.1 Å². The van der Waals surface area contributed by atoms with Crippen molar-refractivity contribution < 1.29 is 4.39 Å². The topological polar surface area (TPSA) is 60.6 Å². The molecule has 1 aliphatic rings. The number of aromatic nitrogens is 4. The van der Waals surface area contributed by atoms with Crippen LogP contribution in [0.1, 0.15) is 35.4 Å². The van der Waals surface area contributed by atoms with E-state index < -0.39 is 0 Å². The minimum absolute atomic E-state index is 0.235. The summed E-state index contributed by atoms with van der Waals surface area (Å²) in [6, 6.07) is 6.64. The molecule has 0 fully saturated rings. The molecule has 1 aliphatic heterocycles. The lowest BCUT2D eigenvalue weighted by molar-refractivity contribution is 0.242. The summed E-state index contributed by atoms with van der Waals surface area (Å²) in [5.74, 6) is 0.801. The van der Waals surface area contributed by atoms with E-state index in [-0.39, 0.29) is 5.82 Å². The number of nitrogens with one attached hydrogen (secondary N) is 2. The van der Waals surface area contributed by atoms with E-state index in [1.54, 1.807) is 12.1 Å². The molecule has 130 valence electrons. The molecule has 3 aromatic rings. The standard InChI is InChI=1S/C19H22FN5/c1-3-18-21-12(2)17(22-18)11-25-8-7-16-15(10-25)19(24-23-16)13-5-4-6-14(20)9-13/h4-6,9H,3,7-8,10-11H2,1-2H3,(H,21,22)(H,23,24). The third-order valence-corrected chi connectivity index (χ3v) is 4.85. The summed E-state index contributed by atoms with van der Waals surface area (Å²) in [4.78, 5) is 10.4. The maximum absolute atomic E-state index is 13.6. The third kappa shape index (κ3) is 3.09. The lowest BCUT2D eigenvalue weighted by atomic mass is 10.0. The largest absolute Gasteiger partial charge is 0.346 e. The predicted octanol–water partition coefficient (Wildman–Crippen LogP) is 3.37. The predicted molar refractivity (Wildman–Crippen MR) is 94.5 cm³/mol. The van der Waals surface area contributed by atoms with Crippen molar-refractivity contribution in [2.75, 3.05) is 6.54 Å². The second-order valence-electron chi connectivity index (χ2n) is 6.61. The molecule has 0 amide bonds. The van der Waals surface area contributed by atoms with Crippen LogP contribution in [0.5, 0.6) is 0 Å². The third-order valence-electron chi connectivity index (χ3n) is 4.85. The van der Waals surface area contributed by atoms with Crippen molar-refractivity contribution in [3.05, 3.63) is 58.6 Å². The van der Waals surface area contributed by atoms with Gasteiger partial charge in [0.2, 0.25) is 0 Å². The Balaban J connectivity index is 1.58. The molecule has 0 atom stereocenters. The van der Waals surface area contributed by atoms with E-state index in [1.165, 1.54) is 11.6 Å². The molecule has 5 nitrogen and oxygen atoms in total. The molecule has 0 spiro atoms. The van der Waals surface area contributed by atoms with Crippen LogP contribution < -0.4 is 0 Å². The lowest BCUT2D eigenvalue weighted by Crippen LogP contribution is -2.30. The highest BCUT2D eigenvalue weighted by Gasteiger charge is 2.24. The molecule has 6 heteroatoms. The van der Waals surface area contributed by atoms with Crippen molar-refractivity contribution in [1.29, 1.82) is 0 Å². The van der Waals surface area contributed by atoms with Gasteiger partial charge in [-0.25, -0.2) is 9.37 Å². The summed E-state index contributed by atoms with van der Waals surface area (Å²) in [6.45, 7) is 6.76. The zero-order valence-electron chi connectivity index (χ0n) is 14.6. The van der Waals surface area contributed by atoms with Crippen LogP contribution in [0.25, 0.3) is 11.3 Å². The van der Waals surface area contributed by atoms with Gasteiger partial charge in [-0.2, -0.15) is 5.10 Å². The van der Waals surface area contributed by atoms with E-state index >= 15 is 0 Å². The SMILES string of the molecule is CCc1nc(CN2CCc3[nH]nc(-c4cccc(F)c4)c3C2)c(C)[nH]1. The fraction of sp³-hybridized carbons (Fsp3) is 0.368. The Morgan fingerprint density at radius 2 is 2.20 bits per heavy atom. The number of hydrogen-bond acceptors (Lipinski definition) is 3. The number of aromatic amines is 2. The van der Waals surface area contributed by atoms with Crippen LogP contribution in [-0.4, -0.2) is 31.6 Å². The van der Waals surface area contributed by atoms with Crippen molar-refractivity contribution in [1.82, 2.24) is 25.1 Å². The number of imidazole rings is 1. The van der Waals surface area contributed by atoms with Gasteiger partial charge in [0.05, 0.1) is 11.4 Å². The summed E-state index contributed by atoms with van der Waals surface area (Å²) < 4.78 is 13.6. The molecule has 2 aromatic heterocycles. The minimum Gasteiger partial charge on any atom is -0.346 e. The van der Waals surface area contributed by atoms with Crippen LogP contribution in [0.4, 0.5) is 4.39 Å². The molecule has 4 rings (SSSR count). The Hall–Kier alpha value is -2.47. The molecule has 1 aromatic carbocycles. The van der Waals surface area contributed by atoms with Crippen LogP contribution in [0.3, 0.4) is 0 Å². The number of aryl methyl sites for hydroxylation is 2. The number of rotatable bonds is 4. The molecule has 0 saturated carbocycles. The van der Waals surface area contributed by atoms with Gasteiger partial charge in [0.25, 0.3) is 0 Å². The van der Waals surface area contributed by atoms with Crippen LogP contribution >= 0.6 is 0 Å². The van der Waals surface area contributed by atoms with E-state index in [1.807, 2.05) is 6.07 Å². The summed E-state index contributed by atoms with van der Waals surface area (Å²) in [7, 11) is 0. The van der Waals surface area contributed by atoms with Crippen molar-refractivity contribution in [2.45, 2.75) is 39.8 Å². The number of halogens is 1. The summed E-state index contributed by atoms with van der Waals surface area (Å²) in [5.41, 5.74) is 6.25. The minimum atomic E-state index is -0.235. The van der Waals surface area contributed by atoms with Gasteiger partial charge in [0, 0.05) is 55.0 Å². The molecule has 0 bridgehead atoms. The molecule has 0 radical (unpaired) electrons. The average Bonchev–Trinajstić information content (AvgIpc) is 3.18. The van der Waals surface area contributed by atoms with Gasteiger partial charge >= 0.3 is 0 Å². The Labute approximate surface area is 146 Å². The summed E-state index contributed by atoms with van der Waals surface area (Å²) >= 11 is 0. The molecule has 3 heterocycles. The van der Waals surface area contributed by atoms with Crippen LogP contribution in [0.2, 0.25) is 0 Å². The van der Waals surface area contributed by atoms with Gasteiger partial charge in [-0.1, -0.05) is 19.1 Å². The van der Waals surface area contributed by atoms with Gasteiger partial charge in [-0.15, -0.1) is 0 Å². The Morgan fingerprint density at radius 3 is 2.96 bits per heavy atom. The monoisotopic (exact) mass is 339 g/mol. The fourth-order valence-electron chi connectivity index (χ4n) is 3.46. The van der Waals surface area contributed by atoms with Gasteiger partial charge in [0.1, 0.15) is 11.6 Å². The van der Waals surface area contributed by atoms with Crippen molar-refractivity contribution in [3.63, 3.8) is 0 Å². The number of benzene rings is 1. The first kappa shape index (κ1) is 16.0. The smallest absolute Gasteiger partial charge is 0.123 e. The van der Waals surface area contributed by atoms with Crippen molar-refractivity contribution in [2.24, 2.45) is 0 Å². The molecule has 2 N–H and O–H groups in total. The number of nitrogens with zero attached hydrogens (tertiary/aromatic N) is 3. The van der Waals surface area contributed by atoms with Crippen LogP contribution in [0.15, 0.2) is 24.3 Å². The maximum atomic E-state index is 13.6. The van der Waals surface area contributed by atoms with Crippen molar-refractivity contribution in [3.8, 4) is 11.3 Å². The van der Waals surface area contributed by atoms with E-state index in [0.717, 1.165) is 66.6 Å². The van der Waals surface area contributed by atoms with E-state index in [2.05, 4.69) is 38.9 Å². The average molecular weight is 339 g/mol. The van der Waals surface area contributed by atoms with E-state index in [0.29, 0.717) is 0 Å². The Kier molecular flexibility index (Phi) is 4.13. The van der Waals surface area contributed by atoms with Crippen molar-refractivity contribution >= 4 is 0 Å². The second kappa shape index (κ2) is 6.44. The number of hydrogen-bond donors (Lipinski definition) is 2. The molecular formula is C19H22FN5. The first-order valence-electron chi connectivity index (χ1n) is 8.72. The zero-order chi connectivity index (χ0) is 17.4. The number of H-pyrrole nitrogens is 2. The quantitative estimate of drug-likeness (QED) is 0.766. The van der Waals surface area contributed by atoms with Gasteiger partial charge < -0.3 is 4.98 Å². The molecule has 25 heavy (non-hydrogen) atoms. The Bertz CT molecular complexity index is 895. The van der Waals surface area contributed by atoms with E-state index in [9.17, 15) is 4.39 Å². The highest BCUT2D eigenvalue weighted by molar-refractivity contribution is 5.64. The summed E-state index contributed by atoms with van der Waals surface area (Å²) in [6.07, 6.45) is 1.83. The fourth-order valence-corrected chi connectivity index (χ4v) is 3.46. The van der Waals surface area contributed by atoms with Gasteiger partial charge in [-0.3, -0.25) is 10.00 Å². The second-order valence-corrected chi connectivity index (χ2v) is 6.61. The van der Waals surface area contributed by atoms with Crippen LogP contribution in [0, 0.1) is 12.7 Å². The Morgan fingerprint density at radius 1 is 1.32 bits per heavy atom.